The summed E-state index contributed by atoms with van der Waals surface area (Å²) in [6.07, 6.45) is 0. The minimum absolute atomic E-state index is 0.204. The Morgan fingerprint density at radius 3 is 2.50 bits per heavy atom. The Hall–Kier alpha value is -3.01. The van der Waals surface area contributed by atoms with Gasteiger partial charge in [-0.3, -0.25) is 4.40 Å². The van der Waals surface area contributed by atoms with E-state index in [0.29, 0.717) is 22.0 Å². The van der Waals surface area contributed by atoms with E-state index in [9.17, 15) is 8.42 Å². The van der Waals surface area contributed by atoms with E-state index < -0.39 is 10.0 Å². The van der Waals surface area contributed by atoms with Gasteiger partial charge < -0.3 is 0 Å². The second-order valence-corrected chi connectivity index (χ2v) is 10.1. The topological polar surface area (TPSA) is 80.5 Å². The molecule has 0 fully saturated rings. The number of benzene rings is 2. The molecule has 10 heteroatoms. The predicted octanol–water partition coefficient (Wildman–Crippen LogP) is 4.48. The van der Waals surface area contributed by atoms with Crippen LogP contribution in [0.1, 0.15) is 0 Å². The monoisotopic (exact) mass is 455 g/mol. The van der Waals surface area contributed by atoms with E-state index in [-0.39, 0.29) is 10.0 Å². The normalized spacial score (nSPS) is 11.9. The van der Waals surface area contributed by atoms with Gasteiger partial charge in [0.1, 0.15) is 4.21 Å². The first-order valence-electron chi connectivity index (χ1n) is 8.89. The van der Waals surface area contributed by atoms with Crippen LogP contribution in [0.3, 0.4) is 0 Å². The fraction of sp³-hybridized carbons (Fsp3) is 0.0500. The molecule has 5 rings (SSSR count). The average Bonchev–Trinajstić information content (AvgIpc) is 3.44. The molecular weight excluding hydrogens is 442 g/mol. The minimum Gasteiger partial charge on any atom is -0.270 e. The van der Waals surface area contributed by atoms with E-state index in [0.717, 1.165) is 26.7 Å². The van der Waals surface area contributed by atoms with E-state index in [1.807, 2.05) is 40.8 Å². The van der Waals surface area contributed by atoms with Crippen LogP contribution < -0.4 is 4.31 Å². The maximum Gasteiger partial charge on any atom is 0.274 e. The summed E-state index contributed by atoms with van der Waals surface area (Å²) in [5.74, 6) is 0.776. The van der Waals surface area contributed by atoms with Crippen LogP contribution >= 0.6 is 22.9 Å². The van der Waals surface area contributed by atoms with Gasteiger partial charge in [0.25, 0.3) is 10.0 Å². The zero-order chi connectivity index (χ0) is 20.9. The van der Waals surface area contributed by atoms with Crippen LogP contribution in [0, 0.1) is 0 Å². The summed E-state index contributed by atoms with van der Waals surface area (Å²) in [5, 5.41) is 11.0. The van der Waals surface area contributed by atoms with Crippen molar-refractivity contribution >= 4 is 55.5 Å². The molecule has 0 aliphatic rings. The lowest BCUT2D eigenvalue weighted by atomic mass is 10.2. The van der Waals surface area contributed by atoms with Gasteiger partial charge in [-0.05, 0) is 47.8 Å². The second kappa shape index (κ2) is 7.05. The smallest absolute Gasteiger partial charge is 0.270 e. The van der Waals surface area contributed by atoms with Crippen LogP contribution in [-0.2, 0) is 10.0 Å². The van der Waals surface area contributed by atoms with Crippen molar-refractivity contribution in [2.45, 2.75) is 4.21 Å². The number of anilines is 1. The molecule has 0 aliphatic heterocycles. The molecule has 0 amide bonds. The molecule has 5 aromatic rings. The van der Waals surface area contributed by atoms with E-state index in [1.54, 1.807) is 29.6 Å². The number of fused-ring (bicyclic) bond motifs is 3. The lowest BCUT2D eigenvalue weighted by Crippen LogP contribution is -2.27. The highest BCUT2D eigenvalue weighted by Crippen LogP contribution is 2.31. The molecule has 0 saturated carbocycles. The van der Waals surface area contributed by atoms with Gasteiger partial charge in [-0.2, -0.15) is 0 Å². The lowest BCUT2D eigenvalue weighted by molar-refractivity contribution is 0.596. The first-order chi connectivity index (χ1) is 14.5. The van der Waals surface area contributed by atoms with Crippen molar-refractivity contribution in [3.63, 3.8) is 0 Å². The Balaban J connectivity index is 1.80. The lowest BCUT2D eigenvalue weighted by Gasteiger charge is -2.18. The quantitative estimate of drug-likeness (QED) is 0.399. The highest BCUT2D eigenvalue weighted by Gasteiger charge is 2.27. The predicted molar refractivity (Wildman–Crippen MR) is 119 cm³/mol. The summed E-state index contributed by atoms with van der Waals surface area (Å²) >= 11 is 7.18. The fourth-order valence-corrected chi connectivity index (χ4v) is 5.66. The van der Waals surface area contributed by atoms with E-state index in [1.165, 1.54) is 7.05 Å². The van der Waals surface area contributed by atoms with Gasteiger partial charge in [0.15, 0.2) is 11.6 Å². The fourth-order valence-electron chi connectivity index (χ4n) is 3.23. The third-order valence-electron chi connectivity index (χ3n) is 4.72. The standard InChI is InChI=1S/C20H14ClN5O2S2/c1-25(30(27,28)17-7-4-12-29-17)19-20-24-23-18(13-8-10-14(21)11-9-13)26(20)16-6-3-2-5-15(16)22-19/h2-12H,1H3. The number of sulfonamides is 1. The molecule has 0 saturated heterocycles. The average molecular weight is 456 g/mol. The van der Waals surface area contributed by atoms with Crippen LogP contribution in [0.2, 0.25) is 5.02 Å². The second-order valence-electron chi connectivity index (χ2n) is 6.52. The first kappa shape index (κ1) is 19.0. The van der Waals surface area contributed by atoms with Gasteiger partial charge in [0.2, 0.25) is 5.65 Å². The molecule has 3 aromatic heterocycles. The highest BCUT2D eigenvalue weighted by atomic mass is 35.5. The number of aromatic nitrogens is 4. The molecule has 0 bridgehead atoms. The number of nitrogens with zero attached hydrogens (tertiary/aromatic N) is 5. The number of hydrogen-bond donors (Lipinski definition) is 0. The maximum absolute atomic E-state index is 13.1. The molecule has 150 valence electrons. The van der Waals surface area contributed by atoms with Crippen molar-refractivity contribution in [2.24, 2.45) is 0 Å². The third-order valence-corrected chi connectivity index (χ3v) is 8.10. The number of hydrogen-bond acceptors (Lipinski definition) is 6. The molecule has 0 unspecified atom stereocenters. The van der Waals surface area contributed by atoms with Gasteiger partial charge >= 0.3 is 0 Å². The minimum atomic E-state index is -3.78. The molecule has 2 aromatic carbocycles. The summed E-state index contributed by atoms with van der Waals surface area (Å²) in [5.41, 5.74) is 2.55. The Kier molecular flexibility index (Phi) is 4.46. The number of halogens is 1. The molecule has 3 heterocycles. The van der Waals surface area contributed by atoms with Gasteiger partial charge in [-0.25, -0.2) is 17.7 Å². The van der Waals surface area contributed by atoms with E-state index in [2.05, 4.69) is 15.2 Å². The van der Waals surface area contributed by atoms with E-state index >= 15 is 0 Å². The Morgan fingerprint density at radius 2 is 1.77 bits per heavy atom. The van der Waals surface area contributed by atoms with Crippen molar-refractivity contribution in [1.29, 1.82) is 0 Å². The Bertz CT molecular complexity index is 1480. The summed E-state index contributed by atoms with van der Waals surface area (Å²) in [6.45, 7) is 0. The van der Waals surface area contributed by atoms with Gasteiger partial charge in [-0.15, -0.1) is 21.5 Å². The molecule has 0 radical (unpaired) electrons. The summed E-state index contributed by atoms with van der Waals surface area (Å²) in [4.78, 5) is 4.61. The van der Waals surface area contributed by atoms with Gasteiger partial charge in [0.05, 0.1) is 11.0 Å². The maximum atomic E-state index is 13.1. The Morgan fingerprint density at radius 1 is 1.00 bits per heavy atom. The third kappa shape index (κ3) is 2.94. The van der Waals surface area contributed by atoms with Crippen LogP contribution in [-0.4, -0.2) is 35.0 Å². The van der Waals surface area contributed by atoms with Crippen molar-refractivity contribution in [2.75, 3.05) is 11.4 Å². The van der Waals surface area contributed by atoms with Crippen LogP contribution in [0.15, 0.2) is 70.3 Å². The summed E-state index contributed by atoms with van der Waals surface area (Å²) in [6, 6.07) is 18.0. The molecule has 7 nitrogen and oxygen atoms in total. The number of thiophene rings is 1. The van der Waals surface area contributed by atoms with E-state index in [4.69, 9.17) is 11.6 Å². The summed E-state index contributed by atoms with van der Waals surface area (Å²) < 4.78 is 29.4. The molecule has 30 heavy (non-hydrogen) atoms. The molecular formula is C20H14ClN5O2S2. The van der Waals surface area contributed by atoms with Gasteiger partial charge in [-0.1, -0.05) is 29.8 Å². The largest absolute Gasteiger partial charge is 0.274 e. The van der Waals surface area contributed by atoms with Crippen molar-refractivity contribution in [1.82, 2.24) is 19.6 Å². The number of para-hydroxylation sites is 2. The Labute approximate surface area is 181 Å². The molecule has 0 atom stereocenters. The summed E-state index contributed by atoms with van der Waals surface area (Å²) in [7, 11) is -2.30. The zero-order valence-electron chi connectivity index (χ0n) is 15.6. The highest BCUT2D eigenvalue weighted by molar-refractivity contribution is 7.94. The zero-order valence-corrected chi connectivity index (χ0v) is 18.0. The van der Waals surface area contributed by atoms with Crippen molar-refractivity contribution in [3.8, 4) is 11.4 Å². The van der Waals surface area contributed by atoms with Crippen LogP contribution in [0.4, 0.5) is 5.82 Å². The van der Waals surface area contributed by atoms with Crippen molar-refractivity contribution < 1.29 is 8.42 Å². The number of rotatable bonds is 4. The molecule has 0 aliphatic carbocycles. The SMILES string of the molecule is CN(c1nc2ccccc2n2c(-c3ccc(Cl)cc3)nnc12)S(=O)(=O)c1cccs1. The van der Waals surface area contributed by atoms with Crippen molar-refractivity contribution in [3.05, 3.63) is 71.1 Å². The molecule has 0 N–H and O–H groups in total. The molecule has 0 spiro atoms. The van der Waals surface area contributed by atoms with Gasteiger partial charge in [0, 0.05) is 17.6 Å². The van der Waals surface area contributed by atoms with Crippen LogP contribution in [0.25, 0.3) is 28.1 Å². The van der Waals surface area contributed by atoms with Crippen LogP contribution in [0.5, 0.6) is 0 Å². The first-order valence-corrected chi connectivity index (χ1v) is 11.6.